The molecule has 2 aromatic rings. The molecule has 25 heavy (non-hydrogen) atoms. The van der Waals surface area contributed by atoms with E-state index in [1.807, 2.05) is 24.3 Å². The van der Waals surface area contributed by atoms with Crippen LogP contribution < -0.4 is 15.5 Å². The molecule has 128 valence electrons. The Kier molecular flexibility index (Phi) is 5.09. The molecule has 2 heterocycles. The number of nitrogens with zero attached hydrogens (tertiary/aromatic N) is 3. The third-order valence-corrected chi connectivity index (χ3v) is 4.15. The van der Waals surface area contributed by atoms with Crippen molar-refractivity contribution in [2.24, 2.45) is 0 Å². The Morgan fingerprint density at radius 1 is 1.28 bits per heavy atom. The smallest absolute Gasteiger partial charge is 0.319 e. The van der Waals surface area contributed by atoms with E-state index in [4.69, 9.17) is 5.26 Å². The van der Waals surface area contributed by atoms with Gasteiger partial charge >= 0.3 is 6.03 Å². The third kappa shape index (κ3) is 4.23. The Hall–Kier alpha value is -3.14. The zero-order valence-electron chi connectivity index (χ0n) is 13.6. The van der Waals surface area contributed by atoms with Gasteiger partial charge in [-0.1, -0.05) is 6.07 Å². The zero-order chi connectivity index (χ0) is 17.6. The lowest BCUT2D eigenvalue weighted by Crippen LogP contribution is -2.46. The summed E-state index contributed by atoms with van der Waals surface area (Å²) in [7, 11) is 0. The lowest BCUT2D eigenvalue weighted by atomic mass is 10.1. The van der Waals surface area contributed by atoms with Crippen LogP contribution >= 0.6 is 0 Å². The highest BCUT2D eigenvalue weighted by molar-refractivity contribution is 5.90. The number of halogens is 1. The molecular formula is C18H18FN5O. The van der Waals surface area contributed by atoms with Crippen molar-refractivity contribution in [1.29, 1.82) is 5.26 Å². The number of urea groups is 1. The van der Waals surface area contributed by atoms with Gasteiger partial charge in [0.25, 0.3) is 0 Å². The van der Waals surface area contributed by atoms with E-state index >= 15 is 0 Å². The topological polar surface area (TPSA) is 81.0 Å². The van der Waals surface area contributed by atoms with Crippen LogP contribution in [0.2, 0.25) is 0 Å². The van der Waals surface area contributed by atoms with Crippen LogP contribution in [0, 0.1) is 17.1 Å². The van der Waals surface area contributed by atoms with E-state index < -0.39 is 5.82 Å². The summed E-state index contributed by atoms with van der Waals surface area (Å²) in [5.41, 5.74) is 0.396. The number of pyridine rings is 1. The van der Waals surface area contributed by atoms with Gasteiger partial charge in [-0.3, -0.25) is 0 Å². The maximum absolute atomic E-state index is 13.1. The predicted octanol–water partition coefficient (Wildman–Crippen LogP) is 2.88. The normalized spacial score (nSPS) is 14.6. The highest BCUT2D eigenvalue weighted by atomic mass is 19.1. The number of hydrogen-bond donors (Lipinski definition) is 2. The number of aromatic nitrogens is 1. The number of carbonyl (C=O) groups excluding carboxylic acids is 1. The van der Waals surface area contributed by atoms with E-state index in [0.29, 0.717) is 5.69 Å². The lowest BCUT2D eigenvalue weighted by Gasteiger charge is -2.33. The first kappa shape index (κ1) is 16.7. The van der Waals surface area contributed by atoms with Crippen molar-refractivity contribution in [3.8, 4) is 6.07 Å². The largest absolute Gasteiger partial charge is 0.356 e. The van der Waals surface area contributed by atoms with Crippen LogP contribution in [0.15, 0.2) is 42.6 Å². The molecular weight excluding hydrogens is 321 g/mol. The lowest BCUT2D eigenvalue weighted by molar-refractivity contribution is 0.246. The SMILES string of the molecule is N#Cc1cc(F)ccc1NC(=O)NC1CCN(c2ccccn2)CC1. The first-order valence-electron chi connectivity index (χ1n) is 8.09. The molecule has 7 heteroatoms. The minimum atomic E-state index is -0.510. The van der Waals surface area contributed by atoms with Crippen molar-refractivity contribution in [2.45, 2.75) is 18.9 Å². The van der Waals surface area contributed by atoms with E-state index in [9.17, 15) is 9.18 Å². The average Bonchev–Trinajstić information content (AvgIpc) is 2.64. The first-order chi connectivity index (χ1) is 12.2. The van der Waals surface area contributed by atoms with Crippen LogP contribution in [-0.2, 0) is 0 Å². The molecule has 1 aliphatic heterocycles. The van der Waals surface area contributed by atoms with Crippen LogP contribution in [0.3, 0.4) is 0 Å². The fourth-order valence-corrected chi connectivity index (χ4v) is 2.86. The quantitative estimate of drug-likeness (QED) is 0.901. The number of benzene rings is 1. The van der Waals surface area contributed by atoms with Crippen LogP contribution in [0.4, 0.5) is 20.7 Å². The maximum atomic E-state index is 13.1. The average molecular weight is 339 g/mol. The van der Waals surface area contributed by atoms with Crippen molar-refractivity contribution in [3.05, 3.63) is 54.0 Å². The van der Waals surface area contributed by atoms with Crippen molar-refractivity contribution in [3.63, 3.8) is 0 Å². The van der Waals surface area contributed by atoms with Gasteiger partial charge in [0, 0.05) is 25.3 Å². The summed E-state index contributed by atoms with van der Waals surface area (Å²) in [6.07, 6.45) is 3.37. The van der Waals surface area contributed by atoms with Gasteiger partial charge in [-0.05, 0) is 43.2 Å². The summed E-state index contributed by atoms with van der Waals surface area (Å²) in [5.74, 6) is 0.430. The molecule has 1 aromatic heterocycles. The van der Waals surface area contributed by atoms with Gasteiger partial charge in [-0.15, -0.1) is 0 Å². The maximum Gasteiger partial charge on any atom is 0.319 e. The molecule has 0 radical (unpaired) electrons. The molecule has 3 rings (SSSR count). The number of carbonyl (C=O) groups is 1. The molecule has 0 spiro atoms. The molecule has 1 aromatic carbocycles. The van der Waals surface area contributed by atoms with Crippen LogP contribution in [0.25, 0.3) is 0 Å². The summed E-state index contributed by atoms with van der Waals surface area (Å²) in [6.45, 7) is 1.61. The summed E-state index contributed by atoms with van der Waals surface area (Å²) in [4.78, 5) is 18.7. The number of piperidine rings is 1. The molecule has 6 nitrogen and oxygen atoms in total. The van der Waals surface area contributed by atoms with Gasteiger partial charge in [0.2, 0.25) is 0 Å². The summed E-state index contributed by atoms with van der Waals surface area (Å²) in [5, 5.41) is 14.5. The second kappa shape index (κ2) is 7.62. The first-order valence-corrected chi connectivity index (χ1v) is 8.09. The number of hydrogen-bond acceptors (Lipinski definition) is 4. The highest BCUT2D eigenvalue weighted by Crippen LogP contribution is 2.18. The fourth-order valence-electron chi connectivity index (χ4n) is 2.86. The molecule has 1 saturated heterocycles. The minimum Gasteiger partial charge on any atom is -0.356 e. The minimum absolute atomic E-state index is 0.0472. The number of anilines is 2. The second-order valence-electron chi connectivity index (χ2n) is 5.85. The molecule has 0 atom stereocenters. The monoisotopic (exact) mass is 339 g/mol. The fraction of sp³-hybridized carbons (Fsp3) is 0.278. The van der Waals surface area contributed by atoms with Gasteiger partial charge in [0.15, 0.2) is 0 Å². The zero-order valence-corrected chi connectivity index (χ0v) is 13.6. The number of rotatable bonds is 3. The van der Waals surface area contributed by atoms with Gasteiger partial charge in [0.1, 0.15) is 17.7 Å². The molecule has 1 fully saturated rings. The molecule has 0 bridgehead atoms. The number of nitriles is 1. The summed E-state index contributed by atoms with van der Waals surface area (Å²) >= 11 is 0. The Morgan fingerprint density at radius 2 is 2.08 bits per heavy atom. The third-order valence-electron chi connectivity index (χ3n) is 4.15. The molecule has 0 aliphatic carbocycles. The predicted molar refractivity (Wildman–Crippen MR) is 92.7 cm³/mol. The van der Waals surface area contributed by atoms with E-state index in [1.165, 1.54) is 12.1 Å². The molecule has 2 amide bonds. The van der Waals surface area contributed by atoms with E-state index in [0.717, 1.165) is 37.8 Å². The number of amides is 2. The van der Waals surface area contributed by atoms with E-state index in [-0.39, 0.29) is 17.6 Å². The molecule has 0 saturated carbocycles. The van der Waals surface area contributed by atoms with Crippen molar-refractivity contribution < 1.29 is 9.18 Å². The number of nitrogens with one attached hydrogen (secondary N) is 2. The standard InChI is InChI=1S/C18H18FN5O/c19-14-4-5-16(13(11-14)12-20)23-18(25)22-15-6-9-24(10-7-15)17-3-1-2-8-21-17/h1-5,8,11,15H,6-7,9-10H2,(H2,22,23,25). The van der Waals surface area contributed by atoms with Gasteiger partial charge in [0.05, 0.1) is 11.3 Å². The van der Waals surface area contributed by atoms with Crippen molar-refractivity contribution >= 4 is 17.5 Å². The summed E-state index contributed by atoms with van der Waals surface area (Å²) < 4.78 is 13.1. The second-order valence-corrected chi connectivity index (χ2v) is 5.85. The summed E-state index contributed by atoms with van der Waals surface area (Å²) in [6, 6.07) is 11.0. The van der Waals surface area contributed by atoms with Crippen LogP contribution in [0.5, 0.6) is 0 Å². The molecule has 0 unspecified atom stereocenters. The van der Waals surface area contributed by atoms with Crippen molar-refractivity contribution in [1.82, 2.24) is 10.3 Å². The van der Waals surface area contributed by atoms with Crippen LogP contribution in [-0.4, -0.2) is 30.1 Å². The molecule has 2 N–H and O–H groups in total. The Balaban J connectivity index is 1.52. The highest BCUT2D eigenvalue weighted by Gasteiger charge is 2.21. The van der Waals surface area contributed by atoms with E-state index in [1.54, 1.807) is 6.20 Å². The Labute approximate surface area is 145 Å². The van der Waals surface area contributed by atoms with Gasteiger partial charge < -0.3 is 15.5 Å². The molecule has 1 aliphatic rings. The Morgan fingerprint density at radius 3 is 2.76 bits per heavy atom. The van der Waals surface area contributed by atoms with Gasteiger partial charge in [-0.25, -0.2) is 14.2 Å². The Bertz CT molecular complexity index is 782. The van der Waals surface area contributed by atoms with E-state index in [2.05, 4.69) is 20.5 Å². The van der Waals surface area contributed by atoms with Crippen LogP contribution in [0.1, 0.15) is 18.4 Å². The van der Waals surface area contributed by atoms with Crippen molar-refractivity contribution in [2.75, 3.05) is 23.3 Å². The van der Waals surface area contributed by atoms with Gasteiger partial charge in [-0.2, -0.15) is 5.26 Å².